The number of nitrogens with zero attached hydrogens (tertiary/aromatic N) is 1. The summed E-state index contributed by atoms with van der Waals surface area (Å²) < 4.78 is 0. The molecule has 0 atom stereocenters. The van der Waals surface area contributed by atoms with Gasteiger partial charge in [-0.1, -0.05) is 12.1 Å². The fourth-order valence-electron chi connectivity index (χ4n) is 0.960. The predicted octanol–water partition coefficient (Wildman–Crippen LogP) is 1.66. The van der Waals surface area contributed by atoms with E-state index in [2.05, 4.69) is 5.32 Å². The van der Waals surface area contributed by atoms with Crippen molar-refractivity contribution in [2.75, 3.05) is 24.5 Å². The van der Waals surface area contributed by atoms with Gasteiger partial charge in [-0.3, -0.25) is 0 Å². The van der Waals surface area contributed by atoms with Gasteiger partial charge in [-0.15, -0.1) is 0 Å². The fraction of sp³-hybridized carbons (Fsp3) is 0.250. The van der Waals surface area contributed by atoms with Crippen molar-refractivity contribution in [2.45, 2.75) is 0 Å². The lowest BCUT2D eigenvalue weighted by atomic mass is 10.2. The van der Waals surface area contributed by atoms with Gasteiger partial charge in [-0.05, 0) is 19.2 Å². The van der Waals surface area contributed by atoms with Gasteiger partial charge >= 0.3 is 0 Å². The molecule has 1 rings (SSSR count). The van der Waals surface area contributed by atoms with Gasteiger partial charge in [0.15, 0.2) is 0 Å². The maximum atomic E-state index is 10.9. The number of hydroxylamine groups is 1. The number of benzene rings is 1. The first-order valence-electron chi connectivity index (χ1n) is 3.43. The van der Waals surface area contributed by atoms with Gasteiger partial charge in [0.2, 0.25) is 0 Å². The zero-order valence-corrected chi connectivity index (χ0v) is 6.66. The molecule has 0 aliphatic heterocycles. The standard InChI is InChI=1S/C8H11N2O/c1-9-7-5-3-4-6-8(7)10(2)11/h3-6,9H,1-2H3/q-1. The van der Waals surface area contributed by atoms with Crippen LogP contribution in [-0.4, -0.2) is 14.1 Å². The first kappa shape index (κ1) is 7.88. The molecule has 0 amide bonds. The van der Waals surface area contributed by atoms with E-state index in [9.17, 15) is 5.21 Å². The highest BCUT2D eigenvalue weighted by molar-refractivity contribution is 5.69. The zero-order chi connectivity index (χ0) is 8.27. The van der Waals surface area contributed by atoms with E-state index in [1.807, 2.05) is 18.2 Å². The lowest BCUT2D eigenvalue weighted by Gasteiger charge is -2.27. The van der Waals surface area contributed by atoms with Crippen molar-refractivity contribution in [3.05, 3.63) is 29.5 Å². The SMILES string of the molecule is CNc1ccccc1N(C)[O-]. The smallest absolute Gasteiger partial charge is 0.0567 e. The van der Waals surface area contributed by atoms with Gasteiger partial charge in [0, 0.05) is 12.7 Å². The maximum Gasteiger partial charge on any atom is 0.0567 e. The average molecular weight is 151 g/mol. The molecular weight excluding hydrogens is 140 g/mol. The average Bonchev–Trinajstić information content (AvgIpc) is 2.04. The molecule has 0 unspecified atom stereocenters. The molecule has 0 radical (unpaired) electrons. The van der Waals surface area contributed by atoms with Crippen molar-refractivity contribution < 1.29 is 0 Å². The Morgan fingerprint density at radius 1 is 1.36 bits per heavy atom. The van der Waals surface area contributed by atoms with E-state index in [0.717, 1.165) is 10.8 Å². The Morgan fingerprint density at radius 3 is 2.45 bits per heavy atom. The minimum Gasteiger partial charge on any atom is -0.758 e. The molecule has 3 nitrogen and oxygen atoms in total. The summed E-state index contributed by atoms with van der Waals surface area (Å²) in [6.45, 7) is 0. The number of hydrogen-bond acceptors (Lipinski definition) is 3. The Morgan fingerprint density at radius 2 is 2.00 bits per heavy atom. The molecule has 0 heterocycles. The second kappa shape index (κ2) is 3.25. The van der Waals surface area contributed by atoms with Crippen LogP contribution < -0.4 is 10.4 Å². The third kappa shape index (κ3) is 1.62. The molecule has 0 saturated heterocycles. The molecule has 1 N–H and O–H groups in total. The molecule has 0 bridgehead atoms. The van der Waals surface area contributed by atoms with Gasteiger partial charge in [-0.25, -0.2) is 0 Å². The Kier molecular flexibility index (Phi) is 2.33. The van der Waals surface area contributed by atoms with Gasteiger partial charge in [0.05, 0.1) is 5.69 Å². The number of rotatable bonds is 2. The van der Waals surface area contributed by atoms with Gasteiger partial charge in [0.25, 0.3) is 0 Å². The molecule has 0 aromatic heterocycles. The number of anilines is 2. The van der Waals surface area contributed by atoms with Crippen LogP contribution in [0.15, 0.2) is 24.3 Å². The summed E-state index contributed by atoms with van der Waals surface area (Å²) in [7, 11) is 3.28. The quantitative estimate of drug-likeness (QED) is 0.653. The van der Waals surface area contributed by atoms with Crippen LogP contribution >= 0.6 is 0 Å². The largest absolute Gasteiger partial charge is 0.758 e. The molecule has 1 aromatic rings. The van der Waals surface area contributed by atoms with E-state index in [1.165, 1.54) is 7.05 Å². The summed E-state index contributed by atoms with van der Waals surface area (Å²) in [4.78, 5) is 0. The summed E-state index contributed by atoms with van der Waals surface area (Å²) in [6.07, 6.45) is 0. The molecule has 11 heavy (non-hydrogen) atoms. The fourth-order valence-corrected chi connectivity index (χ4v) is 0.960. The van der Waals surface area contributed by atoms with Gasteiger partial charge in [0.1, 0.15) is 0 Å². The topological polar surface area (TPSA) is 38.3 Å². The Hall–Kier alpha value is -1.22. The Labute approximate surface area is 66.2 Å². The summed E-state index contributed by atoms with van der Waals surface area (Å²) in [6, 6.07) is 7.37. The van der Waals surface area contributed by atoms with Crippen molar-refractivity contribution in [1.29, 1.82) is 0 Å². The first-order valence-corrected chi connectivity index (χ1v) is 3.43. The molecule has 0 aliphatic carbocycles. The second-order valence-electron chi connectivity index (χ2n) is 2.26. The Balaban J connectivity index is 3.02. The van der Waals surface area contributed by atoms with E-state index in [1.54, 1.807) is 13.1 Å². The van der Waals surface area contributed by atoms with Crippen LogP contribution in [0.25, 0.3) is 0 Å². The van der Waals surface area contributed by atoms with Crippen LogP contribution in [0.1, 0.15) is 0 Å². The third-order valence-corrected chi connectivity index (χ3v) is 1.51. The van der Waals surface area contributed by atoms with Crippen LogP contribution in [-0.2, 0) is 0 Å². The molecule has 0 saturated carbocycles. The molecule has 60 valence electrons. The van der Waals surface area contributed by atoms with Crippen LogP contribution in [0.3, 0.4) is 0 Å². The van der Waals surface area contributed by atoms with Crippen LogP contribution in [0.5, 0.6) is 0 Å². The van der Waals surface area contributed by atoms with Gasteiger partial charge in [-0.2, -0.15) is 0 Å². The van der Waals surface area contributed by atoms with Crippen LogP contribution in [0.2, 0.25) is 0 Å². The molecule has 0 aliphatic rings. The number of nitrogens with one attached hydrogen (secondary N) is 1. The van der Waals surface area contributed by atoms with Crippen molar-refractivity contribution in [3.8, 4) is 0 Å². The van der Waals surface area contributed by atoms with E-state index in [0.29, 0.717) is 5.69 Å². The van der Waals surface area contributed by atoms with E-state index in [-0.39, 0.29) is 0 Å². The van der Waals surface area contributed by atoms with Crippen molar-refractivity contribution in [2.24, 2.45) is 0 Å². The normalized spacial score (nSPS) is 9.36. The number of hydrogen-bond donors (Lipinski definition) is 1. The van der Waals surface area contributed by atoms with Crippen molar-refractivity contribution >= 4 is 11.4 Å². The van der Waals surface area contributed by atoms with Crippen LogP contribution in [0.4, 0.5) is 11.4 Å². The van der Waals surface area contributed by atoms with Gasteiger partial charge < -0.3 is 15.6 Å². The lowest BCUT2D eigenvalue weighted by Crippen LogP contribution is -2.08. The highest BCUT2D eigenvalue weighted by Crippen LogP contribution is 2.22. The van der Waals surface area contributed by atoms with E-state index >= 15 is 0 Å². The van der Waals surface area contributed by atoms with E-state index < -0.39 is 0 Å². The second-order valence-corrected chi connectivity index (χ2v) is 2.26. The van der Waals surface area contributed by atoms with Crippen molar-refractivity contribution in [1.82, 2.24) is 0 Å². The predicted molar refractivity (Wildman–Crippen MR) is 47.8 cm³/mol. The maximum absolute atomic E-state index is 10.9. The van der Waals surface area contributed by atoms with Crippen molar-refractivity contribution in [3.63, 3.8) is 0 Å². The molecule has 1 aromatic carbocycles. The summed E-state index contributed by atoms with van der Waals surface area (Å²) >= 11 is 0. The molecule has 0 spiro atoms. The number of para-hydroxylation sites is 2. The molecular formula is C8H11N2O-. The Bertz CT molecular complexity index is 235. The minimum atomic E-state index is 0.662. The highest BCUT2D eigenvalue weighted by atomic mass is 16.5. The molecule has 3 heteroatoms. The van der Waals surface area contributed by atoms with Crippen LogP contribution in [0, 0.1) is 5.21 Å². The monoisotopic (exact) mass is 151 g/mol. The van der Waals surface area contributed by atoms with E-state index in [4.69, 9.17) is 0 Å². The minimum absolute atomic E-state index is 0.662. The molecule has 0 fully saturated rings. The lowest BCUT2D eigenvalue weighted by molar-refractivity contribution is 1.21. The summed E-state index contributed by atoms with van der Waals surface area (Å²) in [5.41, 5.74) is 1.51. The zero-order valence-electron chi connectivity index (χ0n) is 6.66. The summed E-state index contributed by atoms with van der Waals surface area (Å²) in [5.74, 6) is 0. The third-order valence-electron chi connectivity index (χ3n) is 1.51. The summed E-state index contributed by atoms with van der Waals surface area (Å²) in [5, 5.41) is 14.7. The highest BCUT2D eigenvalue weighted by Gasteiger charge is 1.95. The first-order chi connectivity index (χ1) is 5.25.